The highest BCUT2D eigenvalue weighted by Gasteiger charge is 2.29. The second-order valence-corrected chi connectivity index (χ2v) is 8.66. The van der Waals surface area contributed by atoms with Gasteiger partial charge in [0.2, 0.25) is 10.0 Å². The Morgan fingerprint density at radius 1 is 1.38 bits per heavy atom. The molecule has 1 aromatic carbocycles. The number of aromatic nitrogens is 2. The van der Waals surface area contributed by atoms with Gasteiger partial charge in [-0.15, -0.1) is 0 Å². The van der Waals surface area contributed by atoms with Gasteiger partial charge in [-0.05, 0) is 50.5 Å². The molecule has 0 fully saturated rings. The van der Waals surface area contributed by atoms with E-state index in [1.54, 1.807) is 42.1 Å². The van der Waals surface area contributed by atoms with Crippen molar-refractivity contribution in [2.75, 3.05) is 6.61 Å². The van der Waals surface area contributed by atoms with Gasteiger partial charge in [0.15, 0.2) is 0 Å². The summed E-state index contributed by atoms with van der Waals surface area (Å²) in [7, 11) is -3.64. The maximum absolute atomic E-state index is 12.7. The molecule has 2 aromatic rings. The van der Waals surface area contributed by atoms with Crippen LogP contribution in [0.25, 0.3) is 0 Å². The molecule has 0 saturated heterocycles. The number of rotatable bonds is 6. The summed E-state index contributed by atoms with van der Waals surface area (Å²) < 4.78 is 35.5. The normalized spacial score (nSPS) is 16.9. The minimum atomic E-state index is -3.64. The second-order valence-electron chi connectivity index (χ2n) is 6.03. The van der Waals surface area contributed by atoms with E-state index in [0.717, 1.165) is 28.6 Å². The van der Waals surface area contributed by atoms with Crippen molar-refractivity contribution >= 4 is 31.9 Å². The zero-order valence-corrected chi connectivity index (χ0v) is 16.7. The van der Waals surface area contributed by atoms with Gasteiger partial charge in [-0.25, -0.2) is 13.1 Å². The zero-order chi connectivity index (χ0) is 18.7. The standard InChI is InChI=1S/C17H20BrN3O4S/c1-2-25-17(22)11-21-16-5-3-4-15(14(16)10-19-21)20-26(23,24)13-8-6-12(18)7-9-13/h6-10,15,20H,2-5,11H2,1H3. The molecule has 7 nitrogen and oxygen atoms in total. The molecule has 0 spiro atoms. The highest BCUT2D eigenvalue weighted by Crippen LogP contribution is 2.31. The Hall–Kier alpha value is -1.71. The number of sulfonamides is 1. The number of fused-ring (bicyclic) bond motifs is 1. The van der Waals surface area contributed by atoms with Crippen molar-refractivity contribution in [1.82, 2.24) is 14.5 Å². The van der Waals surface area contributed by atoms with Crippen LogP contribution < -0.4 is 4.72 Å². The maximum atomic E-state index is 12.7. The third-order valence-electron chi connectivity index (χ3n) is 4.27. The average molecular weight is 442 g/mol. The molecule has 1 aliphatic rings. The number of halogens is 1. The van der Waals surface area contributed by atoms with Crippen LogP contribution in [0, 0.1) is 0 Å². The van der Waals surface area contributed by atoms with E-state index in [2.05, 4.69) is 25.8 Å². The van der Waals surface area contributed by atoms with Crippen LogP contribution in [0.1, 0.15) is 37.1 Å². The molecule has 9 heteroatoms. The van der Waals surface area contributed by atoms with E-state index in [-0.39, 0.29) is 23.5 Å². The summed E-state index contributed by atoms with van der Waals surface area (Å²) in [6, 6.07) is 6.14. The van der Waals surface area contributed by atoms with E-state index in [9.17, 15) is 13.2 Å². The monoisotopic (exact) mass is 441 g/mol. The topological polar surface area (TPSA) is 90.3 Å². The lowest BCUT2D eigenvalue weighted by Crippen LogP contribution is -2.31. The fourth-order valence-electron chi connectivity index (χ4n) is 3.08. The molecule has 3 rings (SSSR count). The molecule has 0 amide bonds. The summed E-state index contributed by atoms with van der Waals surface area (Å²) >= 11 is 3.30. The minimum Gasteiger partial charge on any atom is -0.465 e. The van der Waals surface area contributed by atoms with Crippen molar-refractivity contribution in [1.29, 1.82) is 0 Å². The number of carbonyl (C=O) groups is 1. The predicted molar refractivity (Wildman–Crippen MR) is 99.0 cm³/mol. The molecule has 1 aliphatic carbocycles. The van der Waals surface area contributed by atoms with Gasteiger partial charge in [0.05, 0.1) is 23.7 Å². The Balaban J connectivity index is 1.80. The third kappa shape index (κ3) is 4.16. The van der Waals surface area contributed by atoms with E-state index in [4.69, 9.17) is 4.74 Å². The van der Waals surface area contributed by atoms with Gasteiger partial charge < -0.3 is 4.74 Å². The van der Waals surface area contributed by atoms with E-state index in [1.165, 1.54) is 0 Å². The van der Waals surface area contributed by atoms with Crippen LogP contribution in [0.15, 0.2) is 39.8 Å². The molecular formula is C17H20BrN3O4S. The SMILES string of the molecule is CCOC(=O)Cn1ncc2c1CCCC2NS(=O)(=O)c1ccc(Br)cc1. The fraction of sp³-hybridized carbons (Fsp3) is 0.412. The van der Waals surface area contributed by atoms with Gasteiger partial charge in [-0.2, -0.15) is 5.10 Å². The van der Waals surface area contributed by atoms with Gasteiger partial charge in [0, 0.05) is 15.7 Å². The van der Waals surface area contributed by atoms with Crippen LogP contribution >= 0.6 is 15.9 Å². The first-order valence-electron chi connectivity index (χ1n) is 8.39. The van der Waals surface area contributed by atoms with Crippen LogP contribution in [0.3, 0.4) is 0 Å². The molecule has 0 saturated carbocycles. The molecular weight excluding hydrogens is 422 g/mol. The van der Waals surface area contributed by atoms with Crippen LogP contribution in [0.5, 0.6) is 0 Å². The van der Waals surface area contributed by atoms with E-state index >= 15 is 0 Å². The van der Waals surface area contributed by atoms with Crippen molar-refractivity contribution < 1.29 is 17.9 Å². The van der Waals surface area contributed by atoms with E-state index in [0.29, 0.717) is 13.0 Å². The van der Waals surface area contributed by atoms with Crippen molar-refractivity contribution in [2.24, 2.45) is 0 Å². The number of hydrogen-bond acceptors (Lipinski definition) is 5. The Bertz CT molecular complexity index is 893. The molecule has 0 aliphatic heterocycles. The number of carbonyl (C=O) groups excluding carboxylic acids is 1. The zero-order valence-electron chi connectivity index (χ0n) is 14.3. The largest absolute Gasteiger partial charge is 0.465 e. The first-order chi connectivity index (χ1) is 12.4. The molecule has 1 N–H and O–H groups in total. The maximum Gasteiger partial charge on any atom is 0.327 e. The molecule has 0 bridgehead atoms. The number of ether oxygens (including phenoxy) is 1. The summed E-state index contributed by atoms with van der Waals surface area (Å²) in [5.74, 6) is -0.351. The van der Waals surface area contributed by atoms with Crippen LogP contribution in [0.2, 0.25) is 0 Å². The number of nitrogens with one attached hydrogen (secondary N) is 1. The molecule has 140 valence electrons. The smallest absolute Gasteiger partial charge is 0.327 e. The lowest BCUT2D eigenvalue weighted by molar-refractivity contribution is -0.144. The van der Waals surface area contributed by atoms with Crippen LogP contribution in [0.4, 0.5) is 0 Å². The van der Waals surface area contributed by atoms with Crippen LogP contribution in [-0.2, 0) is 32.5 Å². The van der Waals surface area contributed by atoms with Crippen molar-refractivity contribution in [3.8, 4) is 0 Å². The van der Waals surface area contributed by atoms with E-state index < -0.39 is 10.0 Å². The number of esters is 1. The third-order valence-corrected chi connectivity index (χ3v) is 6.28. The highest BCUT2D eigenvalue weighted by molar-refractivity contribution is 9.10. The first-order valence-corrected chi connectivity index (χ1v) is 10.7. The summed E-state index contributed by atoms with van der Waals surface area (Å²) in [5, 5.41) is 4.26. The molecule has 1 unspecified atom stereocenters. The molecule has 1 heterocycles. The molecule has 0 radical (unpaired) electrons. The summed E-state index contributed by atoms with van der Waals surface area (Å²) in [6.45, 7) is 2.11. The lowest BCUT2D eigenvalue weighted by atomic mass is 9.94. The van der Waals surface area contributed by atoms with Gasteiger partial charge in [0.1, 0.15) is 6.54 Å². The number of benzene rings is 1. The van der Waals surface area contributed by atoms with Crippen molar-refractivity contribution in [3.05, 3.63) is 46.2 Å². The molecule has 1 aromatic heterocycles. The number of hydrogen-bond donors (Lipinski definition) is 1. The summed E-state index contributed by atoms with van der Waals surface area (Å²) in [6.07, 6.45) is 3.90. The van der Waals surface area contributed by atoms with Crippen molar-refractivity contribution in [2.45, 2.75) is 43.7 Å². The molecule has 1 atom stereocenters. The van der Waals surface area contributed by atoms with E-state index in [1.807, 2.05) is 0 Å². The molecule has 26 heavy (non-hydrogen) atoms. The Morgan fingerprint density at radius 2 is 2.12 bits per heavy atom. The predicted octanol–water partition coefficient (Wildman–Crippen LogP) is 2.56. The lowest BCUT2D eigenvalue weighted by Gasteiger charge is -2.24. The fourth-order valence-corrected chi connectivity index (χ4v) is 4.59. The quantitative estimate of drug-likeness (QED) is 0.695. The average Bonchev–Trinajstić information content (AvgIpc) is 2.99. The number of nitrogens with zero attached hydrogens (tertiary/aromatic N) is 2. The first kappa shape index (κ1) is 19.1. The van der Waals surface area contributed by atoms with Gasteiger partial charge in [-0.3, -0.25) is 9.48 Å². The Kier molecular flexibility index (Phi) is 5.79. The summed E-state index contributed by atoms with van der Waals surface area (Å²) in [4.78, 5) is 11.9. The Morgan fingerprint density at radius 3 is 2.81 bits per heavy atom. The van der Waals surface area contributed by atoms with Crippen LogP contribution in [-0.4, -0.2) is 30.8 Å². The van der Waals surface area contributed by atoms with Gasteiger partial charge >= 0.3 is 5.97 Å². The van der Waals surface area contributed by atoms with Crippen molar-refractivity contribution in [3.63, 3.8) is 0 Å². The second kappa shape index (κ2) is 7.89. The highest BCUT2D eigenvalue weighted by atomic mass is 79.9. The minimum absolute atomic E-state index is 0.0371. The van der Waals surface area contributed by atoms with Gasteiger partial charge in [0.25, 0.3) is 0 Å². The summed E-state index contributed by atoms with van der Waals surface area (Å²) in [5.41, 5.74) is 1.70. The van der Waals surface area contributed by atoms with Gasteiger partial charge in [-0.1, -0.05) is 15.9 Å². The Labute approximate surface area is 160 Å².